The first-order chi connectivity index (χ1) is 11.2. The summed E-state index contributed by atoms with van der Waals surface area (Å²) in [6.07, 6.45) is 0.917. The number of hydrogen-bond acceptors (Lipinski definition) is 4. The molecule has 1 amide bonds. The van der Waals surface area contributed by atoms with Gasteiger partial charge in [-0.25, -0.2) is 0 Å². The van der Waals surface area contributed by atoms with Crippen molar-refractivity contribution in [1.29, 1.82) is 0 Å². The monoisotopic (exact) mass is 312 g/mol. The lowest BCUT2D eigenvalue weighted by Crippen LogP contribution is -2.30. The Morgan fingerprint density at radius 1 is 1.17 bits per heavy atom. The zero-order valence-electron chi connectivity index (χ0n) is 13.3. The molecule has 3 aromatic rings. The van der Waals surface area contributed by atoms with Crippen molar-refractivity contribution < 1.29 is 13.9 Å². The van der Waals surface area contributed by atoms with Gasteiger partial charge >= 0.3 is 0 Å². The summed E-state index contributed by atoms with van der Waals surface area (Å²) in [7, 11) is 1.62. The second-order valence-electron chi connectivity index (χ2n) is 5.35. The molecule has 2 aromatic carbocycles. The van der Waals surface area contributed by atoms with Crippen LogP contribution in [0.1, 0.15) is 13.3 Å². The van der Waals surface area contributed by atoms with Gasteiger partial charge in [-0.05, 0) is 18.6 Å². The van der Waals surface area contributed by atoms with Crippen molar-refractivity contribution in [2.45, 2.75) is 13.3 Å². The van der Waals surface area contributed by atoms with Crippen molar-refractivity contribution >= 4 is 33.5 Å². The van der Waals surface area contributed by atoms with Crippen LogP contribution in [0.4, 0.5) is 5.69 Å². The summed E-state index contributed by atoms with van der Waals surface area (Å²) in [5, 5.41) is 7.99. The Bertz CT molecular complexity index is 839. The van der Waals surface area contributed by atoms with Crippen LogP contribution >= 0.6 is 0 Å². The summed E-state index contributed by atoms with van der Waals surface area (Å²) in [5.41, 5.74) is 2.34. The van der Waals surface area contributed by atoms with Gasteiger partial charge in [-0.1, -0.05) is 25.1 Å². The lowest BCUT2D eigenvalue weighted by atomic mass is 10.1. The lowest BCUT2D eigenvalue weighted by Gasteiger charge is -2.11. The van der Waals surface area contributed by atoms with Crippen molar-refractivity contribution in [3.63, 3.8) is 0 Å². The molecule has 0 unspecified atom stereocenters. The molecule has 0 aliphatic carbocycles. The number of carbonyl (C=O) groups is 1. The molecule has 0 bridgehead atoms. The quantitative estimate of drug-likeness (QED) is 0.731. The fourth-order valence-electron chi connectivity index (χ4n) is 2.56. The molecular weight excluding hydrogens is 292 g/mol. The van der Waals surface area contributed by atoms with Crippen molar-refractivity contribution in [2.75, 3.05) is 25.5 Å². The number of ether oxygens (including phenoxy) is 1. The number of hydrogen-bond donors (Lipinski definition) is 2. The molecule has 3 rings (SSSR count). The van der Waals surface area contributed by atoms with Gasteiger partial charge in [0.05, 0.1) is 19.3 Å². The molecule has 0 aliphatic rings. The van der Waals surface area contributed by atoms with Crippen LogP contribution in [0.3, 0.4) is 0 Å². The number of para-hydroxylation sites is 1. The van der Waals surface area contributed by atoms with E-state index in [1.807, 2.05) is 43.3 Å². The number of furan rings is 1. The molecule has 0 aliphatic heterocycles. The highest BCUT2D eigenvalue weighted by molar-refractivity contribution is 6.06. The van der Waals surface area contributed by atoms with E-state index in [0.29, 0.717) is 12.3 Å². The van der Waals surface area contributed by atoms with Crippen LogP contribution in [-0.4, -0.2) is 26.1 Å². The van der Waals surface area contributed by atoms with E-state index in [-0.39, 0.29) is 12.5 Å². The molecule has 1 aromatic heterocycles. The second-order valence-corrected chi connectivity index (χ2v) is 5.35. The third kappa shape index (κ3) is 3.08. The van der Waals surface area contributed by atoms with E-state index in [1.54, 1.807) is 7.11 Å². The van der Waals surface area contributed by atoms with Gasteiger partial charge in [0.2, 0.25) is 5.91 Å². The highest BCUT2D eigenvalue weighted by Gasteiger charge is 2.12. The molecule has 0 fully saturated rings. The highest BCUT2D eigenvalue weighted by atomic mass is 16.5. The van der Waals surface area contributed by atoms with E-state index in [4.69, 9.17) is 9.15 Å². The fourth-order valence-corrected chi connectivity index (χ4v) is 2.56. The predicted octanol–water partition coefficient (Wildman–Crippen LogP) is 3.53. The largest absolute Gasteiger partial charge is 0.495 e. The zero-order chi connectivity index (χ0) is 16.2. The summed E-state index contributed by atoms with van der Waals surface area (Å²) in [6, 6.07) is 11.7. The fraction of sp³-hybridized carbons (Fsp3) is 0.278. The summed E-state index contributed by atoms with van der Waals surface area (Å²) < 4.78 is 11.3. The number of benzene rings is 2. The van der Waals surface area contributed by atoms with Gasteiger partial charge in [-0.15, -0.1) is 0 Å². The Morgan fingerprint density at radius 2 is 2.00 bits per heavy atom. The van der Waals surface area contributed by atoms with Crippen LogP contribution in [0.5, 0.6) is 5.75 Å². The molecule has 0 spiro atoms. The Morgan fingerprint density at radius 3 is 2.78 bits per heavy atom. The first-order valence-corrected chi connectivity index (χ1v) is 7.72. The summed E-state index contributed by atoms with van der Waals surface area (Å²) in [6.45, 7) is 2.90. The maximum Gasteiger partial charge on any atom is 0.239 e. The summed E-state index contributed by atoms with van der Waals surface area (Å²) >= 11 is 0. The minimum atomic E-state index is -0.0430. The molecular formula is C18H20N2O3. The normalized spacial score (nSPS) is 10.9. The predicted molar refractivity (Wildman–Crippen MR) is 92.1 cm³/mol. The number of fused-ring (bicyclic) bond motifs is 3. The topological polar surface area (TPSA) is 63.5 Å². The molecule has 0 atom stereocenters. The van der Waals surface area contributed by atoms with Gasteiger partial charge in [0.1, 0.15) is 16.9 Å². The van der Waals surface area contributed by atoms with E-state index in [2.05, 4.69) is 10.6 Å². The minimum absolute atomic E-state index is 0.0430. The minimum Gasteiger partial charge on any atom is -0.495 e. The van der Waals surface area contributed by atoms with E-state index < -0.39 is 0 Å². The average Bonchev–Trinajstić information content (AvgIpc) is 2.94. The lowest BCUT2D eigenvalue weighted by molar-refractivity contribution is -0.119. The number of anilines is 1. The third-order valence-corrected chi connectivity index (χ3v) is 3.71. The number of methoxy groups -OCH3 is 1. The number of rotatable bonds is 6. The summed E-state index contributed by atoms with van der Waals surface area (Å²) in [5.74, 6) is 0.644. The zero-order valence-corrected chi connectivity index (χ0v) is 13.3. The first-order valence-electron chi connectivity index (χ1n) is 7.72. The molecule has 5 heteroatoms. The molecule has 1 heterocycles. The molecule has 2 N–H and O–H groups in total. The van der Waals surface area contributed by atoms with Crippen LogP contribution in [0, 0.1) is 0 Å². The van der Waals surface area contributed by atoms with Crippen molar-refractivity contribution in [2.24, 2.45) is 0 Å². The van der Waals surface area contributed by atoms with Crippen LogP contribution in [0.25, 0.3) is 21.9 Å². The highest BCUT2D eigenvalue weighted by Crippen LogP contribution is 2.36. The van der Waals surface area contributed by atoms with Crippen LogP contribution < -0.4 is 15.4 Å². The number of carbonyl (C=O) groups excluding carboxylic acids is 1. The van der Waals surface area contributed by atoms with E-state index in [1.165, 1.54) is 0 Å². The number of nitrogens with one attached hydrogen (secondary N) is 2. The maximum absolute atomic E-state index is 11.7. The molecule has 0 saturated heterocycles. The van der Waals surface area contributed by atoms with E-state index in [9.17, 15) is 4.79 Å². The van der Waals surface area contributed by atoms with Crippen molar-refractivity contribution in [1.82, 2.24) is 5.32 Å². The van der Waals surface area contributed by atoms with Gasteiger partial charge in [-0.2, -0.15) is 0 Å². The van der Waals surface area contributed by atoms with Crippen LogP contribution in [0.2, 0.25) is 0 Å². The van der Waals surface area contributed by atoms with E-state index >= 15 is 0 Å². The Hall–Kier alpha value is -2.69. The Balaban J connectivity index is 1.90. The van der Waals surface area contributed by atoms with Crippen molar-refractivity contribution in [3.05, 3.63) is 36.4 Å². The van der Waals surface area contributed by atoms with Gasteiger partial charge < -0.3 is 19.8 Å². The SMILES string of the molecule is CCCNC(=O)CNc1cc2oc3ccccc3c2cc1OC. The van der Waals surface area contributed by atoms with E-state index in [0.717, 1.165) is 34.0 Å². The van der Waals surface area contributed by atoms with Gasteiger partial charge in [0.15, 0.2) is 0 Å². The standard InChI is InChI=1S/C18H20N2O3/c1-3-8-19-18(21)11-20-14-10-16-13(9-17(14)22-2)12-6-4-5-7-15(12)23-16/h4-7,9-10,20H,3,8,11H2,1-2H3,(H,19,21). The molecule has 5 nitrogen and oxygen atoms in total. The molecule has 120 valence electrons. The Labute approximate surface area is 134 Å². The maximum atomic E-state index is 11.7. The average molecular weight is 312 g/mol. The number of amides is 1. The molecule has 0 saturated carbocycles. The van der Waals surface area contributed by atoms with Gasteiger partial charge in [-0.3, -0.25) is 4.79 Å². The first kappa shape index (κ1) is 15.2. The summed E-state index contributed by atoms with van der Waals surface area (Å²) in [4.78, 5) is 11.7. The smallest absolute Gasteiger partial charge is 0.239 e. The molecule has 0 radical (unpaired) electrons. The van der Waals surface area contributed by atoms with Gasteiger partial charge in [0.25, 0.3) is 0 Å². The third-order valence-electron chi connectivity index (χ3n) is 3.71. The van der Waals surface area contributed by atoms with Crippen LogP contribution in [0.15, 0.2) is 40.8 Å². The second kappa shape index (κ2) is 6.60. The van der Waals surface area contributed by atoms with Crippen LogP contribution in [-0.2, 0) is 4.79 Å². The van der Waals surface area contributed by atoms with Gasteiger partial charge in [0, 0.05) is 23.4 Å². The molecule has 23 heavy (non-hydrogen) atoms. The van der Waals surface area contributed by atoms with Crippen molar-refractivity contribution in [3.8, 4) is 5.75 Å². The Kier molecular flexibility index (Phi) is 4.37.